The maximum atomic E-state index is 6.03. The van der Waals surface area contributed by atoms with E-state index in [2.05, 4.69) is 12.2 Å². The molecule has 0 aromatic rings. The topological polar surface area (TPSA) is 21.3 Å². The van der Waals surface area contributed by atoms with E-state index in [-0.39, 0.29) is 0 Å². The minimum atomic E-state index is 0.546. The molecule has 2 nitrogen and oxygen atoms in total. The van der Waals surface area contributed by atoms with E-state index in [1.54, 1.807) is 32.1 Å². The fourth-order valence-corrected chi connectivity index (χ4v) is 7.10. The second-order valence-corrected chi connectivity index (χ2v) is 8.94. The van der Waals surface area contributed by atoms with Crippen LogP contribution >= 0.6 is 0 Å². The number of hydrogen-bond acceptors (Lipinski definition) is 2. The smallest absolute Gasteiger partial charge is 0.0661 e. The highest BCUT2D eigenvalue weighted by molar-refractivity contribution is 5.14. The molecule has 6 aliphatic carbocycles. The number of hydrogen-bond donors (Lipinski definition) is 1. The molecular weight excluding hydrogens is 258 g/mol. The molecule has 2 atom stereocenters. The molecule has 0 amide bonds. The molecule has 2 heteroatoms. The summed E-state index contributed by atoms with van der Waals surface area (Å²) in [7, 11) is 0. The Morgan fingerprint density at radius 2 is 1.62 bits per heavy atom. The van der Waals surface area contributed by atoms with Gasteiger partial charge < -0.3 is 10.1 Å². The summed E-state index contributed by atoms with van der Waals surface area (Å²) in [6.45, 7) is 3.06. The van der Waals surface area contributed by atoms with Crippen molar-refractivity contribution in [1.82, 2.24) is 5.32 Å². The zero-order valence-corrected chi connectivity index (χ0v) is 13.5. The fraction of sp³-hybridized carbons (Fsp3) is 1.00. The minimum Gasteiger partial charge on any atom is -0.378 e. The third-order valence-corrected chi connectivity index (χ3v) is 8.06. The van der Waals surface area contributed by atoms with Gasteiger partial charge >= 0.3 is 0 Å². The van der Waals surface area contributed by atoms with Crippen LogP contribution in [0.15, 0.2) is 0 Å². The zero-order valence-electron chi connectivity index (χ0n) is 13.5. The van der Waals surface area contributed by atoms with Crippen molar-refractivity contribution < 1.29 is 4.74 Å². The van der Waals surface area contributed by atoms with E-state index >= 15 is 0 Å². The summed E-state index contributed by atoms with van der Waals surface area (Å²) in [4.78, 5) is 0. The summed E-state index contributed by atoms with van der Waals surface area (Å²) < 4.78 is 6.03. The van der Waals surface area contributed by atoms with Crippen molar-refractivity contribution in [3.05, 3.63) is 0 Å². The average Bonchev–Trinajstić information content (AvgIpc) is 2.37. The summed E-state index contributed by atoms with van der Waals surface area (Å²) in [6.07, 6.45) is 13.9. The predicted molar refractivity (Wildman–Crippen MR) is 84.1 cm³/mol. The predicted octanol–water partition coefficient (Wildman–Crippen LogP) is 3.75. The van der Waals surface area contributed by atoms with Crippen LogP contribution in [0.3, 0.4) is 0 Å². The van der Waals surface area contributed by atoms with Crippen LogP contribution in [-0.2, 0) is 4.74 Å². The zero-order chi connectivity index (χ0) is 14.0. The Bertz CT molecular complexity index is 388. The molecule has 4 bridgehead atoms. The van der Waals surface area contributed by atoms with Gasteiger partial charge in [0.1, 0.15) is 0 Å². The fourth-order valence-electron chi connectivity index (χ4n) is 7.10. The lowest BCUT2D eigenvalue weighted by Crippen LogP contribution is -2.70. The third-order valence-electron chi connectivity index (χ3n) is 8.06. The molecule has 6 fully saturated rings. The molecule has 2 unspecified atom stereocenters. The molecular formula is C19H31NO. The van der Waals surface area contributed by atoms with Gasteiger partial charge in [0.05, 0.1) is 6.10 Å². The molecule has 1 spiro atoms. The first-order chi connectivity index (χ1) is 10.3. The molecule has 118 valence electrons. The van der Waals surface area contributed by atoms with E-state index in [1.807, 2.05) is 0 Å². The highest BCUT2D eigenvalue weighted by Crippen LogP contribution is 2.59. The van der Waals surface area contributed by atoms with Crippen LogP contribution in [0.25, 0.3) is 0 Å². The van der Waals surface area contributed by atoms with Crippen molar-refractivity contribution in [3.8, 4) is 0 Å². The second-order valence-electron chi connectivity index (χ2n) is 8.94. The summed E-state index contributed by atoms with van der Waals surface area (Å²) in [5.74, 6) is 4.23. The van der Waals surface area contributed by atoms with Crippen LogP contribution in [0.5, 0.6) is 0 Å². The first-order valence-electron chi connectivity index (χ1n) is 9.66. The average molecular weight is 289 g/mol. The molecule has 0 aromatic carbocycles. The largest absolute Gasteiger partial charge is 0.378 e. The van der Waals surface area contributed by atoms with Crippen molar-refractivity contribution in [1.29, 1.82) is 0 Å². The Balaban J connectivity index is 1.28. The van der Waals surface area contributed by atoms with Gasteiger partial charge in [-0.25, -0.2) is 0 Å². The van der Waals surface area contributed by atoms with Gasteiger partial charge in [-0.1, -0.05) is 6.42 Å². The molecule has 6 rings (SSSR count). The van der Waals surface area contributed by atoms with Gasteiger partial charge in [0.25, 0.3) is 0 Å². The summed E-state index contributed by atoms with van der Waals surface area (Å²) in [5.41, 5.74) is 0.546. The standard InChI is InChI=1S/C19H31NO/c1-2-21-17-11-16(19(17)4-3-5-19)20-18-14-7-12-6-13(9-14)10-15(18)8-12/h12-18,20H,2-11H2,1H3. The van der Waals surface area contributed by atoms with Gasteiger partial charge in [-0.2, -0.15) is 0 Å². The van der Waals surface area contributed by atoms with E-state index in [0.29, 0.717) is 11.5 Å². The highest BCUT2D eigenvalue weighted by atomic mass is 16.5. The summed E-state index contributed by atoms with van der Waals surface area (Å²) >= 11 is 0. The van der Waals surface area contributed by atoms with Crippen LogP contribution in [0.2, 0.25) is 0 Å². The van der Waals surface area contributed by atoms with Crippen molar-refractivity contribution in [2.45, 2.75) is 82.9 Å². The van der Waals surface area contributed by atoms with Crippen molar-refractivity contribution in [2.24, 2.45) is 29.1 Å². The molecule has 21 heavy (non-hydrogen) atoms. The van der Waals surface area contributed by atoms with E-state index in [1.165, 1.54) is 25.7 Å². The monoisotopic (exact) mass is 289 g/mol. The molecule has 6 saturated carbocycles. The third kappa shape index (κ3) is 1.84. The lowest BCUT2D eigenvalue weighted by molar-refractivity contribution is -0.181. The first-order valence-corrected chi connectivity index (χ1v) is 9.66. The van der Waals surface area contributed by atoms with E-state index in [9.17, 15) is 0 Å². The van der Waals surface area contributed by atoms with Gasteiger partial charge in [-0.3, -0.25) is 0 Å². The SMILES string of the molecule is CCOC1CC(NC2C3CC4CC(C3)CC2C4)C12CCC2. The molecule has 0 heterocycles. The summed E-state index contributed by atoms with van der Waals surface area (Å²) in [5, 5.41) is 4.20. The van der Waals surface area contributed by atoms with Crippen molar-refractivity contribution in [2.75, 3.05) is 6.61 Å². The molecule has 0 aromatic heterocycles. The van der Waals surface area contributed by atoms with Crippen LogP contribution in [0.1, 0.15) is 64.7 Å². The minimum absolute atomic E-state index is 0.546. The Morgan fingerprint density at radius 1 is 0.952 bits per heavy atom. The Labute approximate surface area is 129 Å². The number of ether oxygens (including phenoxy) is 1. The van der Waals surface area contributed by atoms with Gasteiger partial charge in [0.15, 0.2) is 0 Å². The Morgan fingerprint density at radius 3 is 2.14 bits per heavy atom. The molecule has 0 saturated heterocycles. The van der Waals surface area contributed by atoms with Gasteiger partial charge in [0.2, 0.25) is 0 Å². The molecule has 6 aliphatic rings. The number of rotatable bonds is 4. The Hall–Kier alpha value is -0.0800. The van der Waals surface area contributed by atoms with Crippen molar-refractivity contribution >= 4 is 0 Å². The maximum absolute atomic E-state index is 6.03. The van der Waals surface area contributed by atoms with Gasteiger partial charge in [-0.15, -0.1) is 0 Å². The van der Waals surface area contributed by atoms with Crippen LogP contribution in [0, 0.1) is 29.1 Å². The summed E-state index contributed by atoms with van der Waals surface area (Å²) in [6, 6.07) is 1.65. The van der Waals surface area contributed by atoms with E-state index in [4.69, 9.17) is 4.74 Å². The highest BCUT2D eigenvalue weighted by Gasteiger charge is 2.60. The Kier molecular flexibility index (Phi) is 3.00. The molecule has 0 radical (unpaired) electrons. The second kappa shape index (κ2) is 4.71. The van der Waals surface area contributed by atoms with E-state index in [0.717, 1.165) is 42.4 Å². The maximum Gasteiger partial charge on any atom is 0.0661 e. The molecule has 0 aliphatic heterocycles. The van der Waals surface area contributed by atoms with Gasteiger partial charge in [0, 0.05) is 24.1 Å². The quantitative estimate of drug-likeness (QED) is 0.851. The normalized spacial score (nSPS) is 52.7. The van der Waals surface area contributed by atoms with Crippen molar-refractivity contribution in [3.63, 3.8) is 0 Å². The lowest BCUT2D eigenvalue weighted by atomic mass is 9.49. The first kappa shape index (κ1) is 13.4. The van der Waals surface area contributed by atoms with Crippen LogP contribution in [-0.4, -0.2) is 24.8 Å². The van der Waals surface area contributed by atoms with E-state index < -0.39 is 0 Å². The lowest BCUT2D eigenvalue weighted by Gasteiger charge is -2.64. The number of nitrogens with one attached hydrogen (secondary N) is 1. The molecule has 1 N–H and O–H groups in total. The van der Waals surface area contributed by atoms with Crippen LogP contribution < -0.4 is 5.32 Å². The van der Waals surface area contributed by atoms with Crippen LogP contribution in [0.4, 0.5) is 0 Å². The van der Waals surface area contributed by atoms with Gasteiger partial charge in [-0.05, 0) is 82.0 Å².